The van der Waals surface area contributed by atoms with Gasteiger partial charge in [0, 0.05) is 92.2 Å². The van der Waals surface area contributed by atoms with Gasteiger partial charge in [0.1, 0.15) is 22.4 Å². The van der Waals surface area contributed by atoms with Crippen molar-refractivity contribution in [1.82, 2.24) is 59.4 Å². The van der Waals surface area contributed by atoms with Crippen molar-refractivity contribution in [2.45, 2.75) is 6.18 Å². The number of rotatable bonds is 10. The highest BCUT2D eigenvalue weighted by molar-refractivity contribution is 6.32. The van der Waals surface area contributed by atoms with Crippen molar-refractivity contribution in [2.75, 3.05) is 22.1 Å². The van der Waals surface area contributed by atoms with Crippen LogP contribution in [0.2, 0.25) is 20.7 Å². The minimum Gasteiger partial charge on any atom is -0.439 e. The molecule has 0 aliphatic rings. The summed E-state index contributed by atoms with van der Waals surface area (Å²) in [4.78, 5) is 44.1. The molecular formula is C50H39Cl4F3N16O4. The van der Waals surface area contributed by atoms with Crippen molar-refractivity contribution in [2.24, 2.45) is 14.1 Å². The number of alkyl halides is 3. The summed E-state index contributed by atoms with van der Waals surface area (Å²) in [5, 5.41) is 13.3. The van der Waals surface area contributed by atoms with Crippen LogP contribution in [-0.2, 0) is 20.3 Å². The number of hydrogen-bond donors (Lipinski definition) is 4. The molecule has 6 aromatic heterocycles. The lowest BCUT2D eigenvalue weighted by atomic mass is 10.2. The molecule has 0 radical (unpaired) electrons. The van der Waals surface area contributed by atoms with Crippen LogP contribution in [0.1, 0.15) is 5.56 Å². The number of anilines is 4. The first-order valence-electron chi connectivity index (χ1n) is 22.0. The summed E-state index contributed by atoms with van der Waals surface area (Å²) in [7, 11) is 3.63. The third-order valence-corrected chi connectivity index (χ3v) is 10.4. The lowest BCUT2D eigenvalue weighted by Gasteiger charge is -2.12. The second-order valence-corrected chi connectivity index (χ2v) is 16.8. The Labute approximate surface area is 455 Å². The minimum absolute atomic E-state index is 0.0534. The second kappa shape index (κ2) is 26.4. The summed E-state index contributed by atoms with van der Waals surface area (Å²) in [5.41, 5.74) is 13.4. The van der Waals surface area contributed by atoms with E-state index in [4.69, 9.17) is 72.1 Å². The van der Waals surface area contributed by atoms with E-state index in [1.165, 1.54) is 18.5 Å². The number of nitrogen functional groups attached to an aromatic ring is 2. The van der Waals surface area contributed by atoms with E-state index < -0.39 is 22.8 Å². The Kier molecular flexibility index (Phi) is 19.0. The Morgan fingerprint density at radius 1 is 0.532 bits per heavy atom. The number of aryl methyl sites for hydroxylation is 2. The SMILES string of the molecule is Clc1ccnc(Cl)n1.Cn1cc(-c2nccc(Oc3ccc(N)cc3)n2)cn1.Cn1cc(-c2nccc(Oc3ccc(NC(=O)Nc4ccc(Cl)c(C(F)(F)F)c4)cc3)n2)cn1.Nc1ccc(Oc2ccnc(Cl)n2)cc1. The van der Waals surface area contributed by atoms with E-state index in [1.807, 2.05) is 13.2 Å². The number of urea groups is 1. The Morgan fingerprint density at radius 2 is 0.948 bits per heavy atom. The molecule has 0 spiro atoms. The Hall–Kier alpha value is -9.16. The lowest BCUT2D eigenvalue weighted by Crippen LogP contribution is -2.19. The van der Waals surface area contributed by atoms with Gasteiger partial charge in [-0.25, -0.2) is 29.7 Å². The van der Waals surface area contributed by atoms with Crippen LogP contribution in [0.15, 0.2) is 165 Å². The lowest BCUT2D eigenvalue weighted by molar-refractivity contribution is -0.137. The number of nitrogens with zero attached hydrogens (tertiary/aromatic N) is 12. The molecule has 0 fully saturated rings. The molecule has 77 heavy (non-hydrogen) atoms. The molecule has 0 aliphatic carbocycles. The molecule has 6 N–H and O–H groups in total. The highest BCUT2D eigenvalue weighted by atomic mass is 35.5. The molecule has 0 aliphatic heterocycles. The fourth-order valence-electron chi connectivity index (χ4n) is 5.99. The summed E-state index contributed by atoms with van der Waals surface area (Å²) < 4.78 is 59.1. The summed E-state index contributed by atoms with van der Waals surface area (Å²) in [5.74, 6) is 4.00. The maximum Gasteiger partial charge on any atom is 0.417 e. The fourth-order valence-corrected chi connectivity index (χ4v) is 6.69. The molecule has 6 heterocycles. The zero-order valence-electron chi connectivity index (χ0n) is 39.9. The molecule has 0 saturated carbocycles. The zero-order valence-corrected chi connectivity index (χ0v) is 42.9. The molecule has 10 rings (SSSR count). The van der Waals surface area contributed by atoms with E-state index in [9.17, 15) is 18.0 Å². The fraction of sp³-hybridized carbons (Fsp3) is 0.0600. The molecule has 4 aromatic carbocycles. The minimum atomic E-state index is -4.64. The molecule has 27 heteroatoms. The van der Waals surface area contributed by atoms with Gasteiger partial charge in [0.05, 0.1) is 34.1 Å². The summed E-state index contributed by atoms with van der Waals surface area (Å²) >= 11 is 22.0. The largest absolute Gasteiger partial charge is 0.439 e. The van der Waals surface area contributed by atoms with Crippen molar-refractivity contribution in [1.29, 1.82) is 0 Å². The molecule has 2 amide bonds. The number of benzene rings is 4. The van der Waals surface area contributed by atoms with Crippen molar-refractivity contribution < 1.29 is 32.2 Å². The van der Waals surface area contributed by atoms with Crippen LogP contribution < -0.4 is 36.3 Å². The third kappa shape index (κ3) is 17.7. The number of amides is 2. The van der Waals surface area contributed by atoms with Crippen LogP contribution in [0, 0.1) is 0 Å². The van der Waals surface area contributed by atoms with Crippen LogP contribution in [0.4, 0.5) is 40.7 Å². The number of nitrogens with one attached hydrogen (secondary N) is 2. The van der Waals surface area contributed by atoms with Gasteiger partial charge in [-0.2, -0.15) is 38.3 Å². The quantitative estimate of drug-likeness (QED) is 0.0564. The number of hydrogen-bond acceptors (Lipinski definition) is 16. The molecule has 20 nitrogen and oxygen atoms in total. The van der Waals surface area contributed by atoms with Crippen LogP contribution in [0.5, 0.6) is 34.9 Å². The Balaban J connectivity index is 0.000000168. The monoisotopic (exact) mass is 1120 g/mol. The zero-order chi connectivity index (χ0) is 54.9. The van der Waals surface area contributed by atoms with E-state index in [0.717, 1.165) is 23.3 Å². The summed E-state index contributed by atoms with van der Waals surface area (Å²) in [6, 6.07) is 29.4. The first-order valence-corrected chi connectivity index (χ1v) is 23.5. The van der Waals surface area contributed by atoms with Gasteiger partial charge < -0.3 is 36.3 Å². The second-order valence-electron chi connectivity index (χ2n) is 15.3. The average Bonchev–Trinajstić information content (AvgIpc) is 4.05. The number of halogens is 7. The molecule has 0 bridgehead atoms. The van der Waals surface area contributed by atoms with Gasteiger partial charge in [0.15, 0.2) is 11.6 Å². The predicted octanol–water partition coefficient (Wildman–Crippen LogP) is 12.5. The van der Waals surface area contributed by atoms with Crippen molar-refractivity contribution >= 4 is 75.2 Å². The van der Waals surface area contributed by atoms with Crippen LogP contribution in [-0.4, -0.2) is 65.5 Å². The number of nitrogens with two attached hydrogens (primary N) is 2. The first kappa shape index (κ1) is 55.6. The van der Waals surface area contributed by atoms with Crippen molar-refractivity contribution in [3.8, 4) is 57.7 Å². The van der Waals surface area contributed by atoms with E-state index >= 15 is 0 Å². The number of carbonyl (C=O) groups is 1. The Morgan fingerprint density at radius 3 is 1.36 bits per heavy atom. The molecular weight excluding hydrogens is 1090 g/mol. The standard InChI is InChI=1S/C22H16ClF3N6O2.C14H13N5O.C10H8ClN3O.C4H2Cl2N2/c1-32-12-13(11-28-32)20-27-9-8-19(31-20)34-16-5-2-14(3-6-16)29-21(33)30-15-4-7-18(23)17(10-15)22(24,25)26;1-19-9-10(8-17-19)14-16-7-6-13(18-14)20-12-4-2-11(15)3-5-12;11-10-13-6-5-9(14-10)15-8-3-1-7(12)2-4-8;5-3-1-2-7-4(6)8-3/h2-12H,1H3,(H2,29,30,33);2-9H,15H2,1H3;1-6H,12H2;1-2H. The van der Waals surface area contributed by atoms with Crippen molar-refractivity contribution in [3.05, 3.63) is 191 Å². The predicted molar refractivity (Wildman–Crippen MR) is 285 cm³/mol. The van der Waals surface area contributed by atoms with Gasteiger partial charge in [-0.1, -0.05) is 23.2 Å². The maximum absolute atomic E-state index is 13.0. The highest BCUT2D eigenvalue weighted by Gasteiger charge is 2.33. The van der Waals surface area contributed by atoms with Crippen molar-refractivity contribution in [3.63, 3.8) is 0 Å². The van der Waals surface area contributed by atoms with Crippen LogP contribution in [0.3, 0.4) is 0 Å². The van der Waals surface area contributed by atoms with Gasteiger partial charge in [-0.15, -0.1) is 0 Å². The molecule has 0 saturated heterocycles. The Bertz CT molecular complexity index is 3530. The molecule has 0 unspecified atom stereocenters. The van der Waals surface area contributed by atoms with Gasteiger partial charge in [0.2, 0.25) is 28.2 Å². The molecule has 392 valence electrons. The summed E-state index contributed by atoms with van der Waals surface area (Å²) in [6.07, 6.45) is 8.58. The van der Waals surface area contributed by atoms with Gasteiger partial charge in [-0.05, 0) is 120 Å². The van der Waals surface area contributed by atoms with Gasteiger partial charge in [-0.3, -0.25) is 9.36 Å². The normalized spacial score (nSPS) is 10.6. The topological polar surface area (TPSA) is 260 Å². The first-order chi connectivity index (χ1) is 36.9. The average molecular weight is 1130 g/mol. The van der Waals surface area contributed by atoms with E-state index in [1.54, 1.807) is 144 Å². The van der Waals surface area contributed by atoms with E-state index in [-0.39, 0.29) is 16.3 Å². The molecule has 0 atom stereocenters. The van der Waals surface area contributed by atoms with E-state index in [0.29, 0.717) is 68.8 Å². The van der Waals surface area contributed by atoms with Gasteiger partial charge >= 0.3 is 12.2 Å². The molecule has 10 aromatic rings. The third-order valence-electron chi connectivity index (χ3n) is 9.45. The number of carbonyl (C=O) groups excluding carboxylic acids is 1. The maximum atomic E-state index is 13.0. The van der Waals surface area contributed by atoms with E-state index in [2.05, 4.69) is 60.7 Å². The van der Waals surface area contributed by atoms with Crippen LogP contribution >= 0.6 is 46.4 Å². The van der Waals surface area contributed by atoms with Gasteiger partial charge in [0.25, 0.3) is 0 Å². The number of ether oxygens (including phenoxy) is 3. The van der Waals surface area contributed by atoms with Crippen LogP contribution in [0.25, 0.3) is 22.8 Å². The smallest absolute Gasteiger partial charge is 0.417 e. The highest BCUT2D eigenvalue weighted by Crippen LogP contribution is 2.36. The summed E-state index contributed by atoms with van der Waals surface area (Å²) in [6.45, 7) is 0. The number of aromatic nitrogens is 12.